The Labute approximate surface area is 150 Å². The van der Waals surface area contributed by atoms with Crippen LogP contribution in [-0.2, 0) is 24.5 Å². The summed E-state index contributed by atoms with van der Waals surface area (Å²) in [5, 5.41) is 27.3. The number of ether oxygens (including phenoxy) is 1. The summed E-state index contributed by atoms with van der Waals surface area (Å²) in [4.78, 5) is 12.0. The lowest BCUT2D eigenvalue weighted by Crippen LogP contribution is -2.36. The number of rotatable bonds is 6. The number of amides is 1. The average molecular weight is 355 g/mol. The Hall–Kier alpha value is -3.06. The molecule has 136 valence electrons. The first-order chi connectivity index (χ1) is 12.6. The molecule has 26 heavy (non-hydrogen) atoms. The van der Waals surface area contributed by atoms with E-state index >= 15 is 0 Å². The first-order valence-corrected chi connectivity index (χ1v) is 8.33. The molecule has 0 bridgehead atoms. The van der Waals surface area contributed by atoms with Crippen molar-refractivity contribution in [1.29, 1.82) is 0 Å². The van der Waals surface area contributed by atoms with Gasteiger partial charge in [-0.1, -0.05) is 30.3 Å². The van der Waals surface area contributed by atoms with E-state index < -0.39 is 6.09 Å². The van der Waals surface area contributed by atoms with Gasteiger partial charge in [-0.2, -0.15) is 5.10 Å². The van der Waals surface area contributed by atoms with Crippen LogP contribution >= 0.6 is 0 Å². The minimum atomic E-state index is -0.511. The third-order valence-electron chi connectivity index (χ3n) is 4.07. The van der Waals surface area contributed by atoms with E-state index in [1.807, 2.05) is 37.3 Å². The van der Waals surface area contributed by atoms with Gasteiger partial charge in [0.05, 0.1) is 24.9 Å². The minimum Gasteiger partial charge on any atom is -0.508 e. The number of hydrogen-bond donors (Lipinski definition) is 3. The quantitative estimate of drug-likeness (QED) is 0.631. The number of nitrogens with zero attached hydrogens (tertiary/aromatic N) is 2. The summed E-state index contributed by atoms with van der Waals surface area (Å²) >= 11 is 0. The molecule has 0 aliphatic heterocycles. The fourth-order valence-corrected chi connectivity index (χ4v) is 2.81. The van der Waals surface area contributed by atoms with Crippen LogP contribution in [0.4, 0.5) is 4.79 Å². The van der Waals surface area contributed by atoms with Gasteiger partial charge in [-0.05, 0) is 24.6 Å². The topological polar surface area (TPSA) is 96.6 Å². The summed E-state index contributed by atoms with van der Waals surface area (Å²) in [5.41, 5.74) is 1.98. The summed E-state index contributed by atoms with van der Waals surface area (Å²) in [6.45, 7) is 2.11. The van der Waals surface area contributed by atoms with Crippen molar-refractivity contribution in [2.75, 3.05) is 0 Å². The molecule has 3 aromatic rings. The monoisotopic (exact) mass is 355 g/mol. The van der Waals surface area contributed by atoms with Crippen molar-refractivity contribution >= 4 is 17.0 Å². The molecule has 3 rings (SSSR count). The molecule has 7 heteroatoms. The summed E-state index contributed by atoms with van der Waals surface area (Å²) in [6.07, 6.45) is 1.15. The van der Waals surface area contributed by atoms with Gasteiger partial charge in [-0.25, -0.2) is 4.79 Å². The molecule has 0 aliphatic carbocycles. The van der Waals surface area contributed by atoms with Gasteiger partial charge in [-0.3, -0.25) is 4.68 Å². The smallest absolute Gasteiger partial charge is 0.407 e. The molecular formula is C19H21N3O4. The normalized spacial score (nSPS) is 12.1. The number of carbonyl (C=O) groups excluding carboxylic acids is 1. The molecule has 0 spiro atoms. The van der Waals surface area contributed by atoms with Crippen molar-refractivity contribution in [1.82, 2.24) is 15.1 Å². The van der Waals surface area contributed by atoms with E-state index in [0.717, 1.165) is 10.9 Å². The Kier molecular flexibility index (Phi) is 5.38. The molecule has 3 N–H and O–H groups in total. The molecule has 0 unspecified atom stereocenters. The van der Waals surface area contributed by atoms with E-state index in [0.29, 0.717) is 17.6 Å². The number of alkyl carbamates (subject to hydrolysis) is 1. The molecule has 2 aromatic carbocycles. The van der Waals surface area contributed by atoms with Gasteiger partial charge in [-0.15, -0.1) is 0 Å². The van der Waals surface area contributed by atoms with Crippen molar-refractivity contribution in [2.24, 2.45) is 0 Å². The van der Waals surface area contributed by atoms with Crippen LogP contribution in [0, 0.1) is 0 Å². The van der Waals surface area contributed by atoms with Crippen molar-refractivity contribution < 1.29 is 19.7 Å². The number of aliphatic hydroxyl groups is 1. The zero-order chi connectivity index (χ0) is 18.5. The van der Waals surface area contributed by atoms with E-state index in [-0.39, 0.29) is 25.0 Å². The number of benzene rings is 2. The summed E-state index contributed by atoms with van der Waals surface area (Å²) in [7, 11) is 0. The molecule has 0 radical (unpaired) electrons. The number of carbonyl (C=O) groups is 1. The van der Waals surface area contributed by atoms with Crippen LogP contribution in [-0.4, -0.2) is 32.1 Å². The number of fused-ring (bicyclic) bond motifs is 1. The number of aromatic hydroxyl groups is 1. The predicted molar refractivity (Wildman–Crippen MR) is 96.5 cm³/mol. The minimum absolute atomic E-state index is 0.0182. The number of hydrogen-bond acceptors (Lipinski definition) is 5. The first-order valence-electron chi connectivity index (χ1n) is 8.33. The zero-order valence-electron chi connectivity index (χ0n) is 14.4. The van der Waals surface area contributed by atoms with Gasteiger partial charge in [0, 0.05) is 17.0 Å². The van der Waals surface area contributed by atoms with Gasteiger partial charge in [0.2, 0.25) is 0 Å². The van der Waals surface area contributed by atoms with Crippen LogP contribution in [0.15, 0.2) is 48.7 Å². The molecule has 0 saturated heterocycles. The molecule has 1 amide bonds. The van der Waals surface area contributed by atoms with E-state index in [2.05, 4.69) is 10.4 Å². The van der Waals surface area contributed by atoms with Gasteiger partial charge in [0.15, 0.2) is 0 Å². The highest BCUT2D eigenvalue weighted by Crippen LogP contribution is 2.27. The van der Waals surface area contributed by atoms with Crippen LogP contribution in [0.2, 0.25) is 0 Å². The maximum absolute atomic E-state index is 12.0. The Balaban J connectivity index is 1.63. The summed E-state index contributed by atoms with van der Waals surface area (Å²) < 4.78 is 6.87. The van der Waals surface area contributed by atoms with E-state index in [4.69, 9.17) is 4.74 Å². The zero-order valence-corrected chi connectivity index (χ0v) is 14.4. The van der Waals surface area contributed by atoms with Gasteiger partial charge in [0.25, 0.3) is 0 Å². The molecule has 7 nitrogen and oxygen atoms in total. The largest absolute Gasteiger partial charge is 0.508 e. The summed E-state index contributed by atoms with van der Waals surface area (Å²) in [5.74, 6) is 0.0182. The third kappa shape index (κ3) is 3.94. The highest BCUT2D eigenvalue weighted by Gasteiger charge is 2.15. The number of phenols is 1. The highest BCUT2D eigenvalue weighted by atomic mass is 16.5. The molecule has 0 saturated carbocycles. The summed E-state index contributed by atoms with van der Waals surface area (Å²) in [6, 6.07) is 12.5. The second-order valence-corrected chi connectivity index (χ2v) is 6.09. The van der Waals surface area contributed by atoms with Crippen molar-refractivity contribution in [3.05, 3.63) is 59.8 Å². The molecular weight excluding hydrogens is 334 g/mol. The van der Waals surface area contributed by atoms with Crippen LogP contribution < -0.4 is 5.32 Å². The van der Waals surface area contributed by atoms with Crippen molar-refractivity contribution in [3.63, 3.8) is 0 Å². The second kappa shape index (κ2) is 7.88. The maximum atomic E-state index is 12.0. The molecule has 0 aliphatic rings. The Morgan fingerprint density at radius 1 is 1.27 bits per heavy atom. The molecule has 1 heterocycles. The van der Waals surface area contributed by atoms with Crippen molar-refractivity contribution in [2.45, 2.75) is 32.7 Å². The lowest BCUT2D eigenvalue weighted by Gasteiger charge is -2.16. The standard InChI is InChI=1S/C19H21N3O4/c1-13(21-19(25)26-12-14-5-3-2-4-6-14)10-22-18-15(9-20-22)7-8-17(24)16(18)11-23/h2-9,13,23-24H,10-12H2,1H3,(H,21,25)/t13-/m0/s1. The number of nitrogens with one attached hydrogen (secondary N) is 1. The fourth-order valence-electron chi connectivity index (χ4n) is 2.81. The van der Waals surface area contributed by atoms with E-state index in [1.165, 1.54) is 6.07 Å². The fraction of sp³-hybridized carbons (Fsp3) is 0.263. The third-order valence-corrected chi connectivity index (χ3v) is 4.07. The average Bonchev–Trinajstić information content (AvgIpc) is 3.03. The molecule has 1 atom stereocenters. The van der Waals surface area contributed by atoms with Gasteiger partial charge < -0.3 is 20.3 Å². The maximum Gasteiger partial charge on any atom is 0.407 e. The number of aliphatic hydroxyl groups excluding tert-OH is 1. The van der Waals surface area contributed by atoms with E-state index in [1.54, 1.807) is 16.9 Å². The van der Waals surface area contributed by atoms with Crippen LogP contribution in [0.3, 0.4) is 0 Å². The van der Waals surface area contributed by atoms with Gasteiger partial charge >= 0.3 is 6.09 Å². The van der Waals surface area contributed by atoms with Gasteiger partial charge in [0.1, 0.15) is 12.4 Å². The predicted octanol–water partition coefficient (Wildman–Crippen LogP) is 2.55. The molecule has 1 aromatic heterocycles. The Bertz CT molecular complexity index is 892. The van der Waals surface area contributed by atoms with Crippen LogP contribution in [0.5, 0.6) is 5.75 Å². The first kappa shape index (κ1) is 17.8. The van der Waals surface area contributed by atoms with Crippen LogP contribution in [0.25, 0.3) is 10.9 Å². The highest BCUT2D eigenvalue weighted by molar-refractivity contribution is 5.84. The van der Waals surface area contributed by atoms with Crippen molar-refractivity contribution in [3.8, 4) is 5.75 Å². The van der Waals surface area contributed by atoms with Crippen LogP contribution in [0.1, 0.15) is 18.1 Å². The SMILES string of the molecule is C[C@@H](Cn1ncc2ccc(O)c(CO)c21)NC(=O)OCc1ccccc1. The van der Waals surface area contributed by atoms with E-state index in [9.17, 15) is 15.0 Å². The number of aromatic nitrogens is 2. The Morgan fingerprint density at radius 3 is 2.77 bits per heavy atom. The lowest BCUT2D eigenvalue weighted by atomic mass is 10.1. The molecule has 0 fully saturated rings. The Morgan fingerprint density at radius 2 is 2.04 bits per heavy atom. The lowest BCUT2D eigenvalue weighted by molar-refractivity contribution is 0.135. The second-order valence-electron chi connectivity index (χ2n) is 6.09.